The lowest BCUT2D eigenvalue weighted by molar-refractivity contribution is -0.123. The smallest absolute Gasteiger partial charge is 0.237 e. The molecule has 0 spiro atoms. The number of aromatic amines is 1. The lowest BCUT2D eigenvalue weighted by Gasteiger charge is -2.23. The van der Waals surface area contributed by atoms with E-state index in [9.17, 15) is 4.79 Å². The van der Waals surface area contributed by atoms with Crippen LogP contribution in [0.15, 0.2) is 6.33 Å². The van der Waals surface area contributed by atoms with Gasteiger partial charge >= 0.3 is 0 Å². The molecule has 1 saturated carbocycles. The molecule has 2 aliphatic rings. The van der Waals surface area contributed by atoms with Gasteiger partial charge in [-0.05, 0) is 24.7 Å². The van der Waals surface area contributed by atoms with Crippen molar-refractivity contribution in [1.29, 1.82) is 0 Å². The van der Waals surface area contributed by atoms with Crippen LogP contribution in [0.3, 0.4) is 0 Å². The molecular formula is C13H20N4O2. The summed E-state index contributed by atoms with van der Waals surface area (Å²) >= 11 is 0. The topological polar surface area (TPSA) is 90.0 Å². The molecule has 1 atom stereocenters. The van der Waals surface area contributed by atoms with Gasteiger partial charge < -0.3 is 15.4 Å². The fourth-order valence-corrected chi connectivity index (χ4v) is 2.68. The second-order valence-electron chi connectivity index (χ2n) is 5.66. The van der Waals surface area contributed by atoms with E-state index in [0.717, 1.165) is 30.7 Å². The van der Waals surface area contributed by atoms with Gasteiger partial charge in [-0.3, -0.25) is 10.1 Å². The van der Waals surface area contributed by atoms with E-state index in [2.05, 4.69) is 20.6 Å². The second kappa shape index (κ2) is 4.94. The largest absolute Gasteiger partial charge is 0.396 e. The van der Waals surface area contributed by atoms with Crippen LogP contribution < -0.4 is 10.6 Å². The minimum absolute atomic E-state index is 0.0397. The molecule has 6 nitrogen and oxygen atoms in total. The first kappa shape index (κ1) is 12.6. The van der Waals surface area contributed by atoms with Gasteiger partial charge in [0.2, 0.25) is 5.91 Å². The number of aliphatic hydroxyl groups is 1. The summed E-state index contributed by atoms with van der Waals surface area (Å²) in [6, 6.07) is -0.194. The summed E-state index contributed by atoms with van der Waals surface area (Å²) in [5.74, 6) is 0.0397. The zero-order valence-corrected chi connectivity index (χ0v) is 10.9. The predicted octanol–water partition coefficient (Wildman–Crippen LogP) is -0.297. The predicted molar refractivity (Wildman–Crippen MR) is 69.3 cm³/mol. The molecule has 3 rings (SSSR count). The van der Waals surface area contributed by atoms with Crippen LogP contribution in [0.1, 0.15) is 30.7 Å². The summed E-state index contributed by atoms with van der Waals surface area (Å²) in [4.78, 5) is 19.4. The van der Waals surface area contributed by atoms with Gasteiger partial charge in [0.25, 0.3) is 0 Å². The van der Waals surface area contributed by atoms with Gasteiger partial charge in [0.15, 0.2) is 0 Å². The number of imidazole rings is 1. The van der Waals surface area contributed by atoms with Crippen LogP contribution in [0.5, 0.6) is 0 Å². The van der Waals surface area contributed by atoms with Gasteiger partial charge in [0.05, 0.1) is 23.8 Å². The SMILES string of the molecule is O=C(NCC1(CCO)CC1)C1Cc2nc[nH]c2CN1. The number of amides is 1. The monoisotopic (exact) mass is 264 g/mol. The highest BCUT2D eigenvalue weighted by Gasteiger charge is 2.42. The van der Waals surface area contributed by atoms with Crippen LogP contribution >= 0.6 is 0 Å². The maximum Gasteiger partial charge on any atom is 0.237 e. The van der Waals surface area contributed by atoms with Crippen molar-refractivity contribution in [2.45, 2.75) is 38.3 Å². The number of nitrogens with one attached hydrogen (secondary N) is 3. The van der Waals surface area contributed by atoms with E-state index >= 15 is 0 Å². The van der Waals surface area contributed by atoms with Crippen molar-refractivity contribution in [3.05, 3.63) is 17.7 Å². The van der Waals surface area contributed by atoms with Crippen molar-refractivity contribution < 1.29 is 9.90 Å². The number of rotatable bonds is 5. The van der Waals surface area contributed by atoms with Crippen molar-refractivity contribution in [3.8, 4) is 0 Å². The van der Waals surface area contributed by atoms with Crippen LogP contribution in [0.2, 0.25) is 0 Å². The average molecular weight is 264 g/mol. The molecule has 1 unspecified atom stereocenters. The number of aromatic nitrogens is 2. The Morgan fingerprint density at radius 1 is 1.58 bits per heavy atom. The number of hydrogen-bond donors (Lipinski definition) is 4. The van der Waals surface area contributed by atoms with Crippen molar-refractivity contribution in [2.75, 3.05) is 13.2 Å². The lowest BCUT2D eigenvalue weighted by atomic mass is 10.0. The second-order valence-corrected chi connectivity index (χ2v) is 5.66. The van der Waals surface area contributed by atoms with E-state index in [0.29, 0.717) is 19.5 Å². The molecule has 0 radical (unpaired) electrons. The highest BCUT2D eigenvalue weighted by atomic mass is 16.3. The maximum atomic E-state index is 12.1. The van der Waals surface area contributed by atoms with Crippen molar-refractivity contribution >= 4 is 5.91 Å². The fraction of sp³-hybridized carbons (Fsp3) is 0.692. The van der Waals surface area contributed by atoms with Crippen LogP contribution in [0.25, 0.3) is 0 Å². The van der Waals surface area contributed by atoms with Crippen LogP contribution in [-0.2, 0) is 17.8 Å². The first-order valence-corrected chi connectivity index (χ1v) is 6.85. The van der Waals surface area contributed by atoms with E-state index in [-0.39, 0.29) is 24.0 Å². The van der Waals surface area contributed by atoms with Gasteiger partial charge in [-0.15, -0.1) is 0 Å². The Labute approximate surface area is 112 Å². The number of fused-ring (bicyclic) bond motifs is 1. The van der Waals surface area contributed by atoms with E-state index in [1.54, 1.807) is 6.33 Å². The summed E-state index contributed by atoms with van der Waals surface area (Å²) in [5.41, 5.74) is 2.22. The first-order valence-electron chi connectivity index (χ1n) is 6.85. The third-order valence-corrected chi connectivity index (χ3v) is 4.28. The molecule has 1 amide bonds. The molecule has 19 heavy (non-hydrogen) atoms. The van der Waals surface area contributed by atoms with Crippen LogP contribution in [-0.4, -0.2) is 40.2 Å². The molecule has 1 aliphatic carbocycles. The van der Waals surface area contributed by atoms with Gasteiger partial charge in [-0.25, -0.2) is 4.98 Å². The molecule has 2 heterocycles. The summed E-state index contributed by atoms with van der Waals surface area (Å²) in [7, 11) is 0. The molecule has 0 saturated heterocycles. The summed E-state index contributed by atoms with van der Waals surface area (Å²) in [5, 5.41) is 15.2. The molecule has 6 heteroatoms. The molecule has 1 aliphatic heterocycles. The lowest BCUT2D eigenvalue weighted by Crippen LogP contribution is -2.48. The van der Waals surface area contributed by atoms with Gasteiger partial charge in [-0.1, -0.05) is 0 Å². The Morgan fingerprint density at radius 3 is 3.16 bits per heavy atom. The van der Waals surface area contributed by atoms with Crippen molar-refractivity contribution in [1.82, 2.24) is 20.6 Å². The number of aliphatic hydroxyl groups excluding tert-OH is 1. The Hall–Kier alpha value is -1.40. The normalized spacial score (nSPS) is 23.7. The first-order chi connectivity index (χ1) is 9.22. The summed E-state index contributed by atoms with van der Waals surface area (Å²) in [6.07, 6.45) is 5.31. The minimum Gasteiger partial charge on any atom is -0.396 e. The van der Waals surface area contributed by atoms with E-state index < -0.39 is 0 Å². The van der Waals surface area contributed by atoms with Crippen molar-refractivity contribution in [2.24, 2.45) is 5.41 Å². The molecule has 1 aromatic heterocycles. The molecular weight excluding hydrogens is 244 g/mol. The Kier molecular flexibility index (Phi) is 3.28. The molecule has 4 N–H and O–H groups in total. The van der Waals surface area contributed by atoms with E-state index in [4.69, 9.17) is 5.11 Å². The van der Waals surface area contributed by atoms with Gasteiger partial charge in [-0.2, -0.15) is 0 Å². The number of carbonyl (C=O) groups excluding carboxylic acids is 1. The molecule has 0 aromatic carbocycles. The van der Waals surface area contributed by atoms with Gasteiger partial charge in [0, 0.05) is 26.1 Å². The fourth-order valence-electron chi connectivity index (χ4n) is 2.68. The van der Waals surface area contributed by atoms with Crippen LogP contribution in [0.4, 0.5) is 0 Å². The standard InChI is InChI=1S/C13H20N4O2/c18-4-3-13(1-2-13)7-15-12(19)10-5-9-11(6-14-10)17-8-16-9/h8,10,14,18H,1-7H2,(H,15,19)(H,16,17). The van der Waals surface area contributed by atoms with Crippen LogP contribution in [0, 0.1) is 5.41 Å². The number of nitrogens with zero attached hydrogens (tertiary/aromatic N) is 1. The Bertz CT molecular complexity index is 467. The third kappa shape index (κ3) is 2.64. The summed E-state index contributed by atoms with van der Waals surface area (Å²) < 4.78 is 0. The average Bonchev–Trinajstić information content (AvgIpc) is 3.02. The number of hydrogen-bond acceptors (Lipinski definition) is 4. The van der Waals surface area contributed by atoms with Crippen molar-refractivity contribution in [3.63, 3.8) is 0 Å². The number of carbonyl (C=O) groups is 1. The zero-order valence-electron chi connectivity index (χ0n) is 10.9. The third-order valence-electron chi connectivity index (χ3n) is 4.28. The highest BCUT2D eigenvalue weighted by molar-refractivity contribution is 5.82. The molecule has 104 valence electrons. The molecule has 1 fully saturated rings. The highest BCUT2D eigenvalue weighted by Crippen LogP contribution is 2.47. The molecule has 1 aromatic rings. The minimum atomic E-state index is -0.194. The van der Waals surface area contributed by atoms with E-state index in [1.165, 1.54) is 0 Å². The quantitative estimate of drug-likeness (QED) is 0.588. The zero-order chi connectivity index (χ0) is 13.3. The summed E-state index contributed by atoms with van der Waals surface area (Å²) in [6.45, 7) is 1.54. The molecule has 0 bridgehead atoms. The Balaban J connectivity index is 1.52. The van der Waals surface area contributed by atoms with Gasteiger partial charge in [0.1, 0.15) is 0 Å². The maximum absolute atomic E-state index is 12.1. The number of H-pyrrole nitrogens is 1. The van der Waals surface area contributed by atoms with E-state index in [1.807, 2.05) is 0 Å². The Morgan fingerprint density at radius 2 is 2.42 bits per heavy atom.